The molecule has 2 amide bonds. The monoisotopic (exact) mass is 448 g/mol. The van der Waals surface area contributed by atoms with Crippen LogP contribution in [0.1, 0.15) is 55.7 Å². The molecule has 0 aromatic carbocycles. The van der Waals surface area contributed by atoms with Crippen LogP contribution in [0.3, 0.4) is 0 Å². The Bertz CT molecular complexity index is 1140. The molecule has 8 nitrogen and oxygen atoms in total. The molecule has 3 aliphatic rings. The van der Waals surface area contributed by atoms with Gasteiger partial charge in [-0.15, -0.1) is 0 Å². The van der Waals surface area contributed by atoms with Crippen LogP contribution in [-0.4, -0.2) is 62.3 Å². The van der Waals surface area contributed by atoms with Crippen LogP contribution in [0.4, 0.5) is 5.82 Å². The van der Waals surface area contributed by atoms with E-state index in [4.69, 9.17) is 5.73 Å². The Labute approximate surface area is 194 Å². The summed E-state index contributed by atoms with van der Waals surface area (Å²) in [6.45, 7) is 6.79. The second-order valence-electron chi connectivity index (χ2n) is 9.48. The fraction of sp³-hybridized carbons (Fsp3) is 0.520. The summed E-state index contributed by atoms with van der Waals surface area (Å²) in [6.07, 6.45) is 10.7. The second kappa shape index (κ2) is 8.65. The van der Waals surface area contributed by atoms with Crippen LogP contribution in [0, 0.1) is 5.92 Å². The average Bonchev–Trinajstić information content (AvgIpc) is 3.59. The Hall–Kier alpha value is -3.16. The van der Waals surface area contributed by atoms with Crippen molar-refractivity contribution in [2.75, 3.05) is 31.9 Å². The summed E-state index contributed by atoms with van der Waals surface area (Å²) in [6, 6.07) is 0. The number of nitrogens with two attached hydrogens (primary N) is 1. The van der Waals surface area contributed by atoms with E-state index in [0.29, 0.717) is 24.8 Å². The van der Waals surface area contributed by atoms with Crippen LogP contribution in [0.2, 0.25) is 0 Å². The van der Waals surface area contributed by atoms with Crippen molar-refractivity contribution in [2.45, 2.75) is 44.4 Å². The normalized spacial score (nSPS) is 23.2. The molecule has 0 radical (unpaired) electrons. The highest BCUT2D eigenvalue weighted by Crippen LogP contribution is 2.43. The topological polar surface area (TPSA) is 97.3 Å². The Morgan fingerprint density at radius 2 is 1.94 bits per heavy atom. The number of fused-ring (bicyclic) bond motifs is 1. The molecule has 2 aromatic rings. The smallest absolute Gasteiger partial charge is 0.245 e. The van der Waals surface area contributed by atoms with Crippen LogP contribution in [-0.2, 0) is 16.6 Å². The summed E-state index contributed by atoms with van der Waals surface area (Å²) in [4.78, 5) is 37.8. The van der Waals surface area contributed by atoms with E-state index in [1.165, 1.54) is 18.0 Å². The van der Waals surface area contributed by atoms with E-state index in [9.17, 15) is 9.59 Å². The Morgan fingerprint density at radius 3 is 2.64 bits per heavy atom. The standard InChI is InChI=1S/C25H32N6O2/c1-3-19(32)31-13-10-18(14-31)22-20(21-23(26)27-15-28-24(21)29(22)2)16-6-8-17(9-7-16)25(33)30-11-4-5-12-30/h3,6,15,17-18H,1,4-5,7-14H2,2H3,(H2,26,27,28)/t17-,18+/m1/s1. The van der Waals surface area contributed by atoms with Gasteiger partial charge >= 0.3 is 0 Å². The minimum atomic E-state index is -0.0303. The molecule has 2 aliphatic heterocycles. The molecular weight excluding hydrogens is 416 g/mol. The van der Waals surface area contributed by atoms with Gasteiger partial charge in [-0.1, -0.05) is 12.7 Å². The first-order valence-corrected chi connectivity index (χ1v) is 12.0. The second-order valence-corrected chi connectivity index (χ2v) is 9.48. The fourth-order valence-corrected chi connectivity index (χ4v) is 5.89. The molecule has 0 unspecified atom stereocenters. The summed E-state index contributed by atoms with van der Waals surface area (Å²) >= 11 is 0. The molecule has 174 valence electrons. The maximum atomic E-state index is 12.9. The molecule has 0 bridgehead atoms. The van der Waals surface area contributed by atoms with Gasteiger partial charge in [-0.05, 0) is 50.2 Å². The van der Waals surface area contributed by atoms with E-state index in [1.54, 1.807) is 0 Å². The van der Waals surface area contributed by atoms with Crippen molar-refractivity contribution in [3.8, 4) is 0 Å². The van der Waals surface area contributed by atoms with Crippen LogP contribution >= 0.6 is 0 Å². The number of aromatic nitrogens is 3. The third-order valence-electron chi connectivity index (χ3n) is 7.60. The van der Waals surface area contributed by atoms with E-state index >= 15 is 0 Å². The number of allylic oxidation sites excluding steroid dienone is 2. The number of amides is 2. The SMILES string of the molecule is C=CC(=O)N1CC[C@H](c2c(C3=CC[C@@H](C(=O)N4CCCC4)CC3)c3c(N)ncnc3n2C)C1. The van der Waals surface area contributed by atoms with E-state index in [2.05, 4.69) is 27.2 Å². The van der Waals surface area contributed by atoms with Crippen molar-refractivity contribution in [1.29, 1.82) is 0 Å². The van der Waals surface area contributed by atoms with Gasteiger partial charge in [0.15, 0.2) is 0 Å². The highest BCUT2D eigenvalue weighted by molar-refractivity contribution is 6.00. The largest absolute Gasteiger partial charge is 0.383 e. The zero-order chi connectivity index (χ0) is 23.1. The Kier molecular flexibility index (Phi) is 5.68. The molecule has 4 heterocycles. The highest BCUT2D eigenvalue weighted by Gasteiger charge is 2.35. The summed E-state index contributed by atoms with van der Waals surface area (Å²) in [5.74, 6) is 0.999. The van der Waals surface area contributed by atoms with Gasteiger partial charge in [0.1, 0.15) is 17.8 Å². The van der Waals surface area contributed by atoms with Gasteiger partial charge in [0.05, 0.1) is 5.39 Å². The van der Waals surface area contributed by atoms with E-state index in [0.717, 1.165) is 73.9 Å². The molecular formula is C25H32N6O2. The van der Waals surface area contributed by atoms with Crippen molar-refractivity contribution in [3.05, 3.63) is 36.3 Å². The van der Waals surface area contributed by atoms with Gasteiger partial charge in [0.25, 0.3) is 0 Å². The number of likely N-dealkylation sites (tertiary alicyclic amines) is 2. The quantitative estimate of drug-likeness (QED) is 0.726. The first kappa shape index (κ1) is 21.7. The van der Waals surface area contributed by atoms with Gasteiger partial charge in [-0.2, -0.15) is 0 Å². The molecule has 2 N–H and O–H groups in total. The molecule has 2 saturated heterocycles. The summed E-state index contributed by atoms with van der Waals surface area (Å²) in [5, 5.41) is 0.888. The minimum Gasteiger partial charge on any atom is -0.383 e. The predicted molar refractivity (Wildman–Crippen MR) is 128 cm³/mol. The van der Waals surface area contributed by atoms with E-state index < -0.39 is 0 Å². The van der Waals surface area contributed by atoms with Gasteiger partial charge in [0, 0.05) is 56.3 Å². The number of carbonyl (C=O) groups excluding carboxylic acids is 2. The average molecular weight is 449 g/mol. The molecule has 2 aromatic heterocycles. The number of carbonyl (C=O) groups is 2. The number of hydrogen-bond acceptors (Lipinski definition) is 5. The molecule has 33 heavy (non-hydrogen) atoms. The number of hydrogen-bond donors (Lipinski definition) is 1. The van der Waals surface area contributed by atoms with Crippen LogP contribution < -0.4 is 5.73 Å². The van der Waals surface area contributed by atoms with Crippen LogP contribution in [0.15, 0.2) is 25.1 Å². The number of nitrogens with zero attached hydrogens (tertiary/aromatic N) is 5. The lowest BCUT2D eigenvalue weighted by atomic mass is 9.83. The minimum absolute atomic E-state index is 0.0303. The van der Waals surface area contributed by atoms with E-state index in [1.807, 2.05) is 16.8 Å². The number of nitrogen functional groups attached to an aromatic ring is 1. The molecule has 2 fully saturated rings. The zero-order valence-corrected chi connectivity index (χ0v) is 19.3. The molecule has 5 rings (SSSR count). The third kappa shape index (κ3) is 3.71. The van der Waals surface area contributed by atoms with Gasteiger partial charge < -0.3 is 20.1 Å². The lowest BCUT2D eigenvalue weighted by Crippen LogP contribution is -2.34. The molecule has 8 heteroatoms. The van der Waals surface area contributed by atoms with Gasteiger partial charge in [-0.25, -0.2) is 9.97 Å². The highest BCUT2D eigenvalue weighted by atomic mass is 16.2. The van der Waals surface area contributed by atoms with Crippen molar-refractivity contribution in [1.82, 2.24) is 24.3 Å². The Balaban J connectivity index is 1.51. The summed E-state index contributed by atoms with van der Waals surface area (Å²) in [7, 11) is 2.02. The number of anilines is 1. The number of rotatable bonds is 4. The van der Waals surface area contributed by atoms with E-state index in [-0.39, 0.29) is 17.7 Å². The van der Waals surface area contributed by atoms with Gasteiger partial charge in [0.2, 0.25) is 11.8 Å². The van der Waals surface area contributed by atoms with Crippen molar-refractivity contribution < 1.29 is 9.59 Å². The number of aryl methyl sites for hydroxylation is 1. The molecule has 2 atom stereocenters. The zero-order valence-electron chi connectivity index (χ0n) is 19.3. The lowest BCUT2D eigenvalue weighted by Gasteiger charge is -2.27. The third-order valence-corrected chi connectivity index (χ3v) is 7.60. The maximum absolute atomic E-state index is 12.9. The first-order valence-electron chi connectivity index (χ1n) is 12.0. The summed E-state index contributed by atoms with van der Waals surface area (Å²) in [5.41, 5.74) is 10.7. The molecule has 0 saturated carbocycles. The van der Waals surface area contributed by atoms with Gasteiger partial charge in [-0.3, -0.25) is 9.59 Å². The van der Waals surface area contributed by atoms with Crippen molar-refractivity contribution in [3.63, 3.8) is 0 Å². The summed E-state index contributed by atoms with van der Waals surface area (Å²) < 4.78 is 2.12. The fourth-order valence-electron chi connectivity index (χ4n) is 5.89. The van der Waals surface area contributed by atoms with Crippen LogP contribution in [0.5, 0.6) is 0 Å². The molecule has 1 aliphatic carbocycles. The lowest BCUT2D eigenvalue weighted by molar-refractivity contribution is -0.134. The Morgan fingerprint density at radius 1 is 1.15 bits per heavy atom. The predicted octanol–water partition coefficient (Wildman–Crippen LogP) is 2.86. The van der Waals surface area contributed by atoms with Crippen LogP contribution in [0.25, 0.3) is 16.6 Å². The van der Waals surface area contributed by atoms with Crippen molar-refractivity contribution >= 4 is 34.2 Å². The maximum Gasteiger partial charge on any atom is 0.245 e. The first-order chi connectivity index (χ1) is 16.0. The van der Waals surface area contributed by atoms with Crippen molar-refractivity contribution in [2.24, 2.45) is 13.0 Å². The molecule has 0 spiro atoms.